The highest BCUT2D eigenvalue weighted by molar-refractivity contribution is 6.18. The van der Waals surface area contributed by atoms with Crippen LogP contribution in [0.15, 0.2) is 23.3 Å². The zero-order chi connectivity index (χ0) is 15.8. The third-order valence-corrected chi connectivity index (χ3v) is 5.73. The molecule has 21 heavy (non-hydrogen) atoms. The molecule has 4 atom stereocenters. The van der Waals surface area contributed by atoms with Gasteiger partial charge in [-0.1, -0.05) is 63.8 Å². The molecule has 1 aliphatic carbocycles. The summed E-state index contributed by atoms with van der Waals surface area (Å²) in [4.78, 5) is 0. The van der Waals surface area contributed by atoms with Gasteiger partial charge in [-0.3, -0.25) is 0 Å². The van der Waals surface area contributed by atoms with E-state index < -0.39 is 0 Å². The molecule has 122 valence electrons. The number of allylic oxidation sites excluding steroid dienone is 4. The first-order valence-electron chi connectivity index (χ1n) is 8.94. The molecular weight excluding hydrogens is 276 g/mol. The predicted octanol–water partition coefficient (Wildman–Crippen LogP) is 7.00. The molecule has 0 saturated heterocycles. The molecule has 1 aliphatic rings. The van der Waals surface area contributed by atoms with Crippen molar-refractivity contribution < 1.29 is 0 Å². The number of alkyl halides is 1. The maximum atomic E-state index is 6.08. The Labute approximate surface area is 138 Å². The number of halogens is 1. The van der Waals surface area contributed by atoms with Crippen molar-refractivity contribution in [2.45, 2.75) is 73.1 Å². The van der Waals surface area contributed by atoms with Crippen molar-refractivity contribution in [3.63, 3.8) is 0 Å². The molecule has 0 bridgehead atoms. The van der Waals surface area contributed by atoms with E-state index in [-0.39, 0.29) is 0 Å². The lowest BCUT2D eigenvalue weighted by Gasteiger charge is -2.33. The first kappa shape index (κ1) is 18.8. The molecule has 0 N–H and O–H groups in total. The lowest BCUT2D eigenvalue weighted by Crippen LogP contribution is -2.22. The minimum Gasteiger partial charge on any atom is -0.126 e. The molecule has 0 heterocycles. The summed E-state index contributed by atoms with van der Waals surface area (Å²) in [6.45, 7) is 11.7. The van der Waals surface area contributed by atoms with Crippen LogP contribution in [0.3, 0.4) is 0 Å². The van der Waals surface area contributed by atoms with Gasteiger partial charge >= 0.3 is 0 Å². The fourth-order valence-electron chi connectivity index (χ4n) is 3.62. The number of hydrogen-bond donors (Lipinski definition) is 0. The minimum atomic E-state index is 0.636. The van der Waals surface area contributed by atoms with Gasteiger partial charge in [-0.2, -0.15) is 0 Å². The smallest absolute Gasteiger partial charge is 0.0249 e. The Balaban J connectivity index is 2.91. The van der Waals surface area contributed by atoms with Gasteiger partial charge in [0, 0.05) is 5.88 Å². The summed E-state index contributed by atoms with van der Waals surface area (Å²) in [5, 5.41) is 0. The Kier molecular flexibility index (Phi) is 8.71. The van der Waals surface area contributed by atoms with Gasteiger partial charge in [-0.05, 0) is 56.3 Å². The Hall–Kier alpha value is -0.230. The van der Waals surface area contributed by atoms with E-state index in [1.165, 1.54) is 44.1 Å². The Bertz CT molecular complexity index is 353. The van der Waals surface area contributed by atoms with Crippen LogP contribution in [0.5, 0.6) is 0 Å². The number of hydrogen-bond acceptors (Lipinski definition) is 0. The fraction of sp³-hybridized carbons (Fsp3) is 0.800. The van der Waals surface area contributed by atoms with Crippen LogP contribution in [0.25, 0.3) is 0 Å². The molecule has 0 nitrogen and oxygen atoms in total. The van der Waals surface area contributed by atoms with E-state index in [2.05, 4.69) is 46.8 Å². The van der Waals surface area contributed by atoms with Crippen molar-refractivity contribution in [3.8, 4) is 0 Å². The first-order valence-corrected chi connectivity index (χ1v) is 9.48. The van der Waals surface area contributed by atoms with E-state index in [4.69, 9.17) is 11.6 Å². The summed E-state index contributed by atoms with van der Waals surface area (Å²) in [5.74, 6) is 3.81. The SMILES string of the molecule is CCC(C)CC(C1=CC(C)=CCC1)C(CC)CC(C)CCl. The van der Waals surface area contributed by atoms with E-state index in [0.29, 0.717) is 5.92 Å². The van der Waals surface area contributed by atoms with E-state index in [9.17, 15) is 0 Å². The molecule has 0 aromatic carbocycles. The van der Waals surface area contributed by atoms with Crippen LogP contribution in [0.2, 0.25) is 0 Å². The van der Waals surface area contributed by atoms with Gasteiger partial charge in [0.2, 0.25) is 0 Å². The van der Waals surface area contributed by atoms with E-state index in [0.717, 1.165) is 23.6 Å². The normalized spacial score (nSPS) is 21.2. The third kappa shape index (κ3) is 6.19. The molecule has 0 aromatic heterocycles. The average Bonchev–Trinajstić information content (AvgIpc) is 2.49. The second-order valence-electron chi connectivity index (χ2n) is 7.23. The maximum Gasteiger partial charge on any atom is 0.0249 e. The van der Waals surface area contributed by atoms with Crippen molar-refractivity contribution in [1.82, 2.24) is 0 Å². The lowest BCUT2D eigenvalue weighted by molar-refractivity contribution is 0.258. The largest absolute Gasteiger partial charge is 0.126 e. The summed E-state index contributed by atoms with van der Waals surface area (Å²) in [6, 6.07) is 0. The Morgan fingerprint density at radius 1 is 1.10 bits per heavy atom. The van der Waals surface area contributed by atoms with Gasteiger partial charge in [0.15, 0.2) is 0 Å². The Morgan fingerprint density at radius 2 is 1.81 bits per heavy atom. The second-order valence-corrected chi connectivity index (χ2v) is 7.53. The topological polar surface area (TPSA) is 0 Å². The summed E-state index contributed by atoms with van der Waals surface area (Å²) >= 11 is 6.08. The van der Waals surface area contributed by atoms with Crippen LogP contribution in [0.1, 0.15) is 73.1 Å². The van der Waals surface area contributed by atoms with Gasteiger partial charge in [0.25, 0.3) is 0 Å². The van der Waals surface area contributed by atoms with Crippen LogP contribution >= 0.6 is 11.6 Å². The van der Waals surface area contributed by atoms with Gasteiger partial charge in [0.1, 0.15) is 0 Å². The third-order valence-electron chi connectivity index (χ3n) is 5.20. The monoisotopic (exact) mass is 310 g/mol. The predicted molar refractivity (Wildman–Crippen MR) is 96.9 cm³/mol. The standard InChI is InChI=1S/C20H35Cl/c1-6-15(3)13-20(18(7-2)12-17(5)14-21)19-10-8-9-16(4)11-19/h9,11,15,17-18,20H,6-8,10,12-14H2,1-5H3. The van der Waals surface area contributed by atoms with Crippen LogP contribution in [-0.2, 0) is 0 Å². The molecule has 0 aromatic rings. The highest BCUT2D eigenvalue weighted by Gasteiger charge is 2.27. The molecule has 0 aliphatic heterocycles. The quantitative estimate of drug-likeness (QED) is 0.402. The van der Waals surface area contributed by atoms with Crippen molar-refractivity contribution >= 4 is 11.6 Å². The molecule has 0 spiro atoms. The molecule has 0 amide bonds. The van der Waals surface area contributed by atoms with Crippen molar-refractivity contribution in [2.24, 2.45) is 23.7 Å². The zero-order valence-corrected chi connectivity index (χ0v) is 15.5. The summed E-state index contributed by atoms with van der Waals surface area (Å²) < 4.78 is 0. The van der Waals surface area contributed by atoms with Gasteiger partial charge < -0.3 is 0 Å². The van der Waals surface area contributed by atoms with E-state index in [1.54, 1.807) is 5.57 Å². The molecule has 4 unspecified atom stereocenters. The van der Waals surface area contributed by atoms with E-state index >= 15 is 0 Å². The van der Waals surface area contributed by atoms with E-state index in [1.807, 2.05) is 0 Å². The molecule has 0 fully saturated rings. The molecule has 1 heteroatoms. The summed E-state index contributed by atoms with van der Waals surface area (Å²) in [5.41, 5.74) is 3.18. The van der Waals surface area contributed by atoms with Crippen molar-refractivity contribution in [1.29, 1.82) is 0 Å². The highest BCUT2D eigenvalue weighted by Crippen LogP contribution is 2.38. The maximum absolute atomic E-state index is 6.08. The minimum absolute atomic E-state index is 0.636. The summed E-state index contributed by atoms with van der Waals surface area (Å²) in [7, 11) is 0. The van der Waals surface area contributed by atoms with Crippen molar-refractivity contribution in [2.75, 3.05) is 5.88 Å². The fourth-order valence-corrected chi connectivity index (χ4v) is 3.75. The Morgan fingerprint density at radius 3 is 2.33 bits per heavy atom. The van der Waals surface area contributed by atoms with Gasteiger partial charge in [-0.15, -0.1) is 11.6 Å². The summed E-state index contributed by atoms with van der Waals surface area (Å²) in [6.07, 6.45) is 12.6. The van der Waals surface area contributed by atoms with Crippen LogP contribution < -0.4 is 0 Å². The lowest BCUT2D eigenvalue weighted by atomic mass is 9.72. The number of rotatable bonds is 9. The molecule has 0 radical (unpaired) electrons. The highest BCUT2D eigenvalue weighted by atomic mass is 35.5. The molecule has 1 rings (SSSR count). The second kappa shape index (κ2) is 9.72. The first-order chi connectivity index (χ1) is 10.0. The van der Waals surface area contributed by atoms with Gasteiger partial charge in [-0.25, -0.2) is 0 Å². The average molecular weight is 311 g/mol. The zero-order valence-electron chi connectivity index (χ0n) is 14.8. The van der Waals surface area contributed by atoms with Crippen molar-refractivity contribution in [3.05, 3.63) is 23.3 Å². The van der Waals surface area contributed by atoms with Crippen LogP contribution in [0, 0.1) is 23.7 Å². The molecule has 0 saturated carbocycles. The van der Waals surface area contributed by atoms with Crippen LogP contribution in [-0.4, -0.2) is 5.88 Å². The van der Waals surface area contributed by atoms with Crippen LogP contribution in [0.4, 0.5) is 0 Å². The van der Waals surface area contributed by atoms with Gasteiger partial charge in [0.05, 0.1) is 0 Å². The molecular formula is C20H35Cl.